The number of hydrogen-bond donors (Lipinski definition) is 1. The Kier molecular flexibility index (Phi) is 9.53. The van der Waals surface area contributed by atoms with Crippen molar-refractivity contribution in [3.05, 3.63) is 6.20 Å². The van der Waals surface area contributed by atoms with Crippen molar-refractivity contribution in [3.8, 4) is 0 Å². The number of urea groups is 1. The zero-order valence-electron chi connectivity index (χ0n) is 20.8. The molecule has 1 saturated carbocycles. The Morgan fingerprint density at radius 3 is 2.41 bits per heavy atom. The zero-order valence-corrected chi connectivity index (χ0v) is 22.5. The number of carbonyl (C=O) groups is 2. The third kappa shape index (κ3) is 7.10. The van der Waals surface area contributed by atoms with E-state index in [1.54, 1.807) is 18.3 Å². The quantitative estimate of drug-likeness (QED) is 0.517. The molecule has 0 radical (unpaired) electrons. The third-order valence-electron chi connectivity index (χ3n) is 7.72. The van der Waals surface area contributed by atoms with E-state index in [0.717, 1.165) is 57.0 Å². The van der Waals surface area contributed by atoms with Gasteiger partial charge < -0.3 is 14.7 Å². The summed E-state index contributed by atoms with van der Waals surface area (Å²) in [7, 11) is 0. The standard InChI is InChI=1S/C25H41N5O2S2/c1-19-6-8-21(9-7-19)30(22-10-14-29(15-11-22)20(2)31)25(32)27-24-26-18-23(34-24)33-17-16-28-12-4-3-5-13-28/h18-19,21-22H,3-17H2,1-2H3,(H,26,27,32)/t19-,21-. The molecule has 9 heteroatoms. The minimum absolute atomic E-state index is 0.0138. The first-order valence-corrected chi connectivity index (χ1v) is 15.0. The molecule has 0 unspecified atom stereocenters. The Morgan fingerprint density at radius 1 is 1.06 bits per heavy atom. The van der Waals surface area contributed by atoms with Crippen molar-refractivity contribution < 1.29 is 9.59 Å². The van der Waals surface area contributed by atoms with Crippen LogP contribution in [0.25, 0.3) is 0 Å². The molecule has 0 atom stereocenters. The molecule has 3 heterocycles. The molecule has 1 aromatic rings. The lowest BCUT2D eigenvalue weighted by atomic mass is 9.85. The van der Waals surface area contributed by atoms with Gasteiger partial charge in [-0.2, -0.15) is 0 Å². The van der Waals surface area contributed by atoms with Gasteiger partial charge in [-0.15, -0.1) is 11.8 Å². The number of piperidine rings is 2. The van der Waals surface area contributed by atoms with Crippen LogP contribution in [-0.2, 0) is 4.79 Å². The number of anilines is 1. The number of carbonyl (C=O) groups excluding carboxylic acids is 2. The molecule has 3 fully saturated rings. The number of nitrogens with one attached hydrogen (secondary N) is 1. The van der Waals surface area contributed by atoms with Crippen molar-refractivity contribution in [1.82, 2.24) is 19.7 Å². The molecule has 7 nitrogen and oxygen atoms in total. The predicted octanol–water partition coefficient (Wildman–Crippen LogP) is 5.14. The molecule has 0 bridgehead atoms. The number of aromatic nitrogens is 1. The van der Waals surface area contributed by atoms with E-state index in [0.29, 0.717) is 5.13 Å². The van der Waals surface area contributed by atoms with Gasteiger partial charge in [0.15, 0.2) is 5.13 Å². The van der Waals surface area contributed by atoms with Gasteiger partial charge >= 0.3 is 6.03 Å². The molecule has 4 rings (SSSR count). The predicted molar refractivity (Wildman–Crippen MR) is 141 cm³/mol. The van der Waals surface area contributed by atoms with E-state index in [2.05, 4.69) is 27.0 Å². The highest BCUT2D eigenvalue weighted by Crippen LogP contribution is 2.33. The Bertz CT molecular complexity index is 797. The third-order valence-corrected chi connectivity index (χ3v) is 9.80. The van der Waals surface area contributed by atoms with Gasteiger partial charge in [0.2, 0.25) is 5.91 Å². The van der Waals surface area contributed by atoms with Crippen molar-refractivity contribution in [2.24, 2.45) is 5.92 Å². The van der Waals surface area contributed by atoms with Crippen molar-refractivity contribution in [2.75, 3.05) is 43.8 Å². The first kappa shape index (κ1) is 25.8. The number of rotatable bonds is 7. The van der Waals surface area contributed by atoms with E-state index >= 15 is 0 Å². The summed E-state index contributed by atoms with van der Waals surface area (Å²) in [4.78, 5) is 36.4. The number of hydrogen-bond acceptors (Lipinski definition) is 6. The molecule has 190 valence electrons. The summed E-state index contributed by atoms with van der Waals surface area (Å²) >= 11 is 3.43. The largest absolute Gasteiger partial charge is 0.343 e. The van der Waals surface area contributed by atoms with Crippen LogP contribution in [0.3, 0.4) is 0 Å². The average molecular weight is 508 g/mol. The number of nitrogens with zero attached hydrogens (tertiary/aromatic N) is 4. The number of thiazole rings is 1. The molecule has 0 aromatic carbocycles. The molecule has 0 spiro atoms. The van der Waals surface area contributed by atoms with Crippen LogP contribution in [0.1, 0.15) is 71.6 Å². The Morgan fingerprint density at radius 2 is 1.74 bits per heavy atom. The second-order valence-corrected chi connectivity index (χ2v) is 12.6. The maximum atomic E-state index is 13.5. The normalized spacial score (nSPS) is 24.7. The van der Waals surface area contributed by atoms with E-state index in [4.69, 9.17) is 0 Å². The van der Waals surface area contributed by atoms with E-state index in [9.17, 15) is 9.59 Å². The lowest BCUT2D eigenvalue weighted by Gasteiger charge is -2.44. The van der Waals surface area contributed by atoms with Gasteiger partial charge in [-0.1, -0.05) is 24.7 Å². The SMILES string of the molecule is CC(=O)N1CCC(N(C(=O)Nc2ncc(SCCN3CCCCC3)s2)[C@H]2CC[C@H](C)CC2)CC1. The molecule has 2 aliphatic heterocycles. The number of thioether (sulfide) groups is 1. The average Bonchev–Trinajstić information content (AvgIpc) is 3.28. The van der Waals surface area contributed by atoms with Crippen LogP contribution in [0.4, 0.5) is 9.93 Å². The molecular weight excluding hydrogens is 466 g/mol. The van der Waals surface area contributed by atoms with Gasteiger partial charge in [0.25, 0.3) is 0 Å². The fraction of sp³-hybridized carbons (Fsp3) is 0.800. The topological polar surface area (TPSA) is 68.8 Å². The first-order valence-electron chi connectivity index (χ1n) is 13.2. The highest BCUT2D eigenvalue weighted by atomic mass is 32.2. The van der Waals surface area contributed by atoms with Gasteiger partial charge in [0.1, 0.15) is 0 Å². The molecule has 1 N–H and O–H groups in total. The maximum absolute atomic E-state index is 13.5. The van der Waals surface area contributed by atoms with Crippen LogP contribution in [0, 0.1) is 5.92 Å². The van der Waals surface area contributed by atoms with Crippen LogP contribution in [-0.4, -0.2) is 82.2 Å². The smallest absolute Gasteiger partial charge is 0.324 e. The zero-order chi connectivity index (χ0) is 23.9. The van der Waals surface area contributed by atoms with Crippen molar-refractivity contribution in [1.29, 1.82) is 0 Å². The number of amides is 3. The maximum Gasteiger partial charge on any atom is 0.324 e. The van der Waals surface area contributed by atoms with Crippen LogP contribution >= 0.6 is 23.1 Å². The molecule has 2 saturated heterocycles. The summed E-state index contributed by atoms with van der Waals surface area (Å²) in [6.45, 7) is 9.00. The lowest BCUT2D eigenvalue weighted by Crippen LogP contribution is -2.54. The van der Waals surface area contributed by atoms with E-state index in [1.807, 2.05) is 22.9 Å². The monoisotopic (exact) mass is 507 g/mol. The summed E-state index contributed by atoms with van der Waals surface area (Å²) in [5.74, 6) is 1.94. The summed E-state index contributed by atoms with van der Waals surface area (Å²) in [6, 6.07) is 0.454. The Labute approximate surface area is 213 Å². The van der Waals surface area contributed by atoms with Gasteiger partial charge in [0, 0.05) is 44.4 Å². The minimum Gasteiger partial charge on any atom is -0.343 e. The summed E-state index contributed by atoms with van der Waals surface area (Å²) in [6.07, 6.45) is 12.1. The van der Waals surface area contributed by atoms with Crippen LogP contribution in [0.2, 0.25) is 0 Å². The fourth-order valence-corrected chi connectivity index (χ4v) is 7.55. The molecule has 34 heavy (non-hydrogen) atoms. The summed E-state index contributed by atoms with van der Waals surface area (Å²) in [5, 5.41) is 3.83. The van der Waals surface area contributed by atoms with Crippen LogP contribution in [0.15, 0.2) is 10.4 Å². The molecule has 3 amide bonds. The highest BCUT2D eigenvalue weighted by Gasteiger charge is 2.35. The van der Waals surface area contributed by atoms with Gasteiger partial charge in [-0.25, -0.2) is 9.78 Å². The summed E-state index contributed by atoms with van der Waals surface area (Å²) in [5.41, 5.74) is 0. The first-order chi connectivity index (χ1) is 16.5. The fourth-order valence-electron chi connectivity index (χ4n) is 5.61. The molecule has 1 aromatic heterocycles. The Hall–Kier alpha value is -1.32. The van der Waals surface area contributed by atoms with Gasteiger partial charge in [-0.05, 0) is 70.4 Å². The molecule has 3 aliphatic rings. The second-order valence-electron chi connectivity index (χ2n) is 10.2. The highest BCUT2D eigenvalue weighted by molar-refractivity contribution is 8.01. The van der Waals surface area contributed by atoms with Crippen molar-refractivity contribution in [2.45, 2.75) is 87.9 Å². The molecular formula is C25H41N5O2S2. The van der Waals surface area contributed by atoms with Gasteiger partial charge in [-0.3, -0.25) is 10.1 Å². The lowest BCUT2D eigenvalue weighted by molar-refractivity contribution is -0.130. The van der Waals surface area contributed by atoms with Crippen molar-refractivity contribution in [3.63, 3.8) is 0 Å². The summed E-state index contributed by atoms with van der Waals surface area (Å²) < 4.78 is 1.17. The van der Waals surface area contributed by atoms with E-state index in [1.165, 1.54) is 49.4 Å². The van der Waals surface area contributed by atoms with Crippen LogP contribution in [0.5, 0.6) is 0 Å². The minimum atomic E-state index is -0.0138. The molecule has 1 aliphatic carbocycles. The number of likely N-dealkylation sites (tertiary alicyclic amines) is 2. The van der Waals surface area contributed by atoms with E-state index < -0.39 is 0 Å². The van der Waals surface area contributed by atoms with Crippen molar-refractivity contribution >= 4 is 40.2 Å². The second kappa shape index (κ2) is 12.6. The Balaban J connectivity index is 1.33. The van der Waals surface area contributed by atoms with Gasteiger partial charge in [0.05, 0.1) is 10.4 Å². The van der Waals surface area contributed by atoms with Crippen LogP contribution < -0.4 is 5.32 Å². The van der Waals surface area contributed by atoms with E-state index in [-0.39, 0.29) is 24.0 Å².